The van der Waals surface area contributed by atoms with Gasteiger partial charge in [0, 0.05) is 18.4 Å². The molecule has 1 aliphatic heterocycles. The van der Waals surface area contributed by atoms with Crippen LogP contribution >= 0.6 is 0 Å². The highest BCUT2D eigenvalue weighted by atomic mass is 16.5. The fraction of sp³-hybridized carbons (Fsp3) is 0.458. The van der Waals surface area contributed by atoms with Crippen molar-refractivity contribution in [1.82, 2.24) is 5.32 Å². The Labute approximate surface area is 168 Å². The largest absolute Gasteiger partial charge is 0.494 e. The molecule has 0 aliphatic carbocycles. The normalized spacial score (nSPS) is 17.3. The Morgan fingerprint density at radius 1 is 1.14 bits per heavy atom. The van der Waals surface area contributed by atoms with Gasteiger partial charge in [0.1, 0.15) is 17.1 Å². The van der Waals surface area contributed by atoms with Gasteiger partial charge in [-0.25, -0.2) is 0 Å². The SMILES string of the molecule is CCC1(CC)C[C@H](NC(=O)CCCOc2ccc(C)cc2)c2ccccc2O1. The van der Waals surface area contributed by atoms with Crippen molar-refractivity contribution in [3.63, 3.8) is 0 Å². The second-order valence-electron chi connectivity index (χ2n) is 7.62. The Morgan fingerprint density at radius 2 is 1.86 bits per heavy atom. The van der Waals surface area contributed by atoms with Gasteiger partial charge in [0.15, 0.2) is 0 Å². The molecule has 0 radical (unpaired) electrons. The van der Waals surface area contributed by atoms with Gasteiger partial charge in [-0.3, -0.25) is 4.79 Å². The number of ether oxygens (including phenoxy) is 2. The Balaban J connectivity index is 1.54. The minimum absolute atomic E-state index is 0.00429. The zero-order chi connectivity index (χ0) is 20.0. The molecular formula is C24H31NO3. The Bertz CT molecular complexity index is 781. The number of benzene rings is 2. The van der Waals surface area contributed by atoms with E-state index in [1.54, 1.807) is 0 Å². The summed E-state index contributed by atoms with van der Waals surface area (Å²) in [5, 5.41) is 3.23. The van der Waals surface area contributed by atoms with Crippen molar-refractivity contribution in [3.05, 3.63) is 59.7 Å². The van der Waals surface area contributed by atoms with Crippen molar-refractivity contribution in [1.29, 1.82) is 0 Å². The fourth-order valence-electron chi connectivity index (χ4n) is 3.75. The summed E-state index contributed by atoms with van der Waals surface area (Å²) in [6, 6.07) is 16.0. The first-order valence-electron chi connectivity index (χ1n) is 10.3. The minimum atomic E-state index is -0.207. The smallest absolute Gasteiger partial charge is 0.220 e. The number of aryl methyl sites for hydroxylation is 1. The molecule has 4 heteroatoms. The number of rotatable bonds is 8. The van der Waals surface area contributed by atoms with Gasteiger partial charge >= 0.3 is 0 Å². The maximum atomic E-state index is 12.6. The molecule has 1 heterocycles. The van der Waals surface area contributed by atoms with Gasteiger partial charge in [0.2, 0.25) is 5.91 Å². The molecule has 0 unspecified atom stereocenters. The number of para-hydroxylation sites is 1. The quantitative estimate of drug-likeness (QED) is 0.627. The molecule has 150 valence electrons. The summed E-state index contributed by atoms with van der Waals surface area (Å²) in [6.07, 6.45) is 3.81. The third-order valence-corrected chi connectivity index (χ3v) is 5.66. The molecule has 1 atom stereocenters. The van der Waals surface area contributed by atoms with Crippen molar-refractivity contribution >= 4 is 5.91 Å². The molecule has 2 aromatic rings. The topological polar surface area (TPSA) is 47.6 Å². The second-order valence-corrected chi connectivity index (χ2v) is 7.62. The average Bonchev–Trinajstić information content (AvgIpc) is 2.72. The van der Waals surface area contributed by atoms with Crippen LogP contribution in [0.2, 0.25) is 0 Å². The molecule has 0 bridgehead atoms. The van der Waals surface area contributed by atoms with Crippen LogP contribution in [-0.2, 0) is 4.79 Å². The molecule has 0 aromatic heterocycles. The average molecular weight is 382 g/mol. The maximum Gasteiger partial charge on any atom is 0.220 e. The van der Waals surface area contributed by atoms with Gasteiger partial charge in [0.25, 0.3) is 0 Å². The number of nitrogens with one attached hydrogen (secondary N) is 1. The summed E-state index contributed by atoms with van der Waals surface area (Å²) in [5.41, 5.74) is 2.07. The molecule has 0 fully saturated rings. The predicted molar refractivity (Wildman–Crippen MR) is 112 cm³/mol. The van der Waals surface area contributed by atoms with E-state index in [0.29, 0.717) is 19.4 Å². The summed E-state index contributed by atoms with van der Waals surface area (Å²) in [5.74, 6) is 1.81. The van der Waals surface area contributed by atoms with E-state index in [4.69, 9.17) is 9.47 Å². The van der Waals surface area contributed by atoms with Gasteiger partial charge in [-0.1, -0.05) is 49.7 Å². The molecule has 1 aliphatic rings. The van der Waals surface area contributed by atoms with Gasteiger partial charge in [-0.15, -0.1) is 0 Å². The van der Waals surface area contributed by atoms with E-state index in [-0.39, 0.29) is 17.6 Å². The van der Waals surface area contributed by atoms with E-state index in [1.165, 1.54) is 5.56 Å². The van der Waals surface area contributed by atoms with Crippen LogP contribution in [0, 0.1) is 6.92 Å². The first-order chi connectivity index (χ1) is 13.5. The Morgan fingerprint density at radius 3 is 2.57 bits per heavy atom. The van der Waals surface area contributed by atoms with E-state index >= 15 is 0 Å². The third kappa shape index (κ3) is 4.86. The van der Waals surface area contributed by atoms with Crippen molar-refractivity contribution in [2.24, 2.45) is 0 Å². The van der Waals surface area contributed by atoms with E-state index < -0.39 is 0 Å². The molecule has 28 heavy (non-hydrogen) atoms. The van der Waals surface area contributed by atoms with Crippen LogP contribution < -0.4 is 14.8 Å². The summed E-state index contributed by atoms with van der Waals surface area (Å²) in [4.78, 5) is 12.6. The van der Waals surface area contributed by atoms with Crippen LogP contribution in [0.15, 0.2) is 48.5 Å². The molecule has 1 N–H and O–H groups in total. The third-order valence-electron chi connectivity index (χ3n) is 5.66. The van der Waals surface area contributed by atoms with Gasteiger partial charge in [-0.05, 0) is 44.4 Å². The van der Waals surface area contributed by atoms with Crippen LogP contribution in [0.4, 0.5) is 0 Å². The lowest BCUT2D eigenvalue weighted by atomic mass is 9.83. The molecule has 0 spiro atoms. The van der Waals surface area contributed by atoms with Crippen molar-refractivity contribution in [2.45, 2.75) is 64.5 Å². The molecule has 2 aromatic carbocycles. The number of hydrogen-bond acceptors (Lipinski definition) is 3. The minimum Gasteiger partial charge on any atom is -0.494 e. The highest BCUT2D eigenvalue weighted by Gasteiger charge is 2.38. The molecule has 0 saturated carbocycles. The first kappa shape index (κ1) is 20.2. The number of carbonyl (C=O) groups excluding carboxylic acids is 1. The van der Waals surface area contributed by atoms with Crippen LogP contribution in [0.5, 0.6) is 11.5 Å². The van der Waals surface area contributed by atoms with Gasteiger partial charge in [-0.2, -0.15) is 0 Å². The molecule has 4 nitrogen and oxygen atoms in total. The van der Waals surface area contributed by atoms with Gasteiger partial charge in [0.05, 0.1) is 12.6 Å². The summed E-state index contributed by atoms with van der Waals surface area (Å²) in [6.45, 7) is 6.89. The zero-order valence-corrected chi connectivity index (χ0v) is 17.2. The molecular weight excluding hydrogens is 350 g/mol. The molecule has 1 amide bonds. The van der Waals surface area contributed by atoms with E-state index in [0.717, 1.165) is 36.3 Å². The standard InChI is InChI=1S/C24H31NO3/c1-4-24(5-2)17-21(20-9-6-7-10-22(20)28-24)25-23(26)11-8-16-27-19-14-12-18(3)13-15-19/h6-7,9-10,12-15,21H,4-5,8,11,16-17H2,1-3H3,(H,25,26)/t21-/m0/s1. The summed E-state index contributed by atoms with van der Waals surface area (Å²) in [7, 11) is 0. The van der Waals surface area contributed by atoms with E-state index in [1.807, 2.05) is 49.4 Å². The molecule has 3 rings (SSSR count). The van der Waals surface area contributed by atoms with Crippen LogP contribution in [0.3, 0.4) is 0 Å². The highest BCUT2D eigenvalue weighted by Crippen LogP contribution is 2.42. The first-order valence-corrected chi connectivity index (χ1v) is 10.3. The fourth-order valence-corrected chi connectivity index (χ4v) is 3.75. The van der Waals surface area contributed by atoms with Crippen molar-refractivity contribution in [2.75, 3.05) is 6.61 Å². The highest BCUT2D eigenvalue weighted by molar-refractivity contribution is 5.76. The lowest BCUT2D eigenvalue weighted by molar-refractivity contribution is -0.122. The predicted octanol–water partition coefficient (Wildman–Crippen LogP) is 5.35. The number of carbonyl (C=O) groups is 1. The van der Waals surface area contributed by atoms with Crippen molar-refractivity contribution < 1.29 is 14.3 Å². The van der Waals surface area contributed by atoms with Crippen LogP contribution in [0.1, 0.15) is 63.1 Å². The monoisotopic (exact) mass is 381 g/mol. The molecule has 0 saturated heterocycles. The number of amides is 1. The lowest BCUT2D eigenvalue weighted by Gasteiger charge is -2.41. The summed E-state index contributed by atoms with van der Waals surface area (Å²) >= 11 is 0. The van der Waals surface area contributed by atoms with E-state index in [9.17, 15) is 4.79 Å². The van der Waals surface area contributed by atoms with Crippen LogP contribution in [0.25, 0.3) is 0 Å². The van der Waals surface area contributed by atoms with E-state index in [2.05, 4.69) is 25.2 Å². The lowest BCUT2D eigenvalue weighted by Crippen LogP contribution is -2.44. The Hall–Kier alpha value is -2.49. The maximum absolute atomic E-state index is 12.6. The Kier molecular flexibility index (Phi) is 6.61. The second kappa shape index (κ2) is 9.13. The number of hydrogen-bond donors (Lipinski definition) is 1. The van der Waals surface area contributed by atoms with Crippen molar-refractivity contribution in [3.8, 4) is 11.5 Å². The van der Waals surface area contributed by atoms with Crippen LogP contribution in [-0.4, -0.2) is 18.1 Å². The van der Waals surface area contributed by atoms with Gasteiger partial charge < -0.3 is 14.8 Å². The number of fused-ring (bicyclic) bond motifs is 1. The summed E-state index contributed by atoms with van der Waals surface area (Å²) < 4.78 is 12.0. The zero-order valence-electron chi connectivity index (χ0n) is 17.2.